The maximum Gasteiger partial charge on any atom is 0.223 e. The zero-order chi connectivity index (χ0) is 7.40. The Balaban J connectivity index is 2.25. The Kier molecular flexibility index (Phi) is 2.72. The summed E-state index contributed by atoms with van der Waals surface area (Å²) in [7, 11) is 0. The Morgan fingerprint density at radius 2 is 2.10 bits per heavy atom. The van der Waals surface area contributed by atoms with Gasteiger partial charge < -0.3 is 5.32 Å². The largest absolute Gasteiger partial charge is 0.351 e. The van der Waals surface area contributed by atoms with E-state index in [4.69, 9.17) is 0 Å². The molecule has 1 saturated carbocycles. The molecule has 0 saturated heterocycles. The van der Waals surface area contributed by atoms with Gasteiger partial charge in [-0.2, -0.15) is 0 Å². The average molecular weight is 140 g/mol. The van der Waals surface area contributed by atoms with Crippen molar-refractivity contribution in [1.82, 2.24) is 5.32 Å². The molecule has 0 aromatic rings. The normalized spacial score (nSPS) is 19.3. The molecule has 0 spiro atoms. The monoisotopic (exact) mass is 140 g/mol. The first-order valence-corrected chi connectivity index (χ1v) is 3.93. The maximum absolute atomic E-state index is 11.1. The van der Waals surface area contributed by atoms with Crippen molar-refractivity contribution >= 4 is 5.91 Å². The number of carbonyl (C=O) groups is 1. The van der Waals surface area contributed by atoms with E-state index >= 15 is 0 Å². The van der Waals surface area contributed by atoms with E-state index in [1.807, 2.05) is 6.92 Å². The van der Waals surface area contributed by atoms with Crippen LogP contribution in [0, 0.1) is 12.5 Å². The summed E-state index contributed by atoms with van der Waals surface area (Å²) in [6.45, 7) is 3.55. The second-order valence-electron chi connectivity index (χ2n) is 2.78. The summed E-state index contributed by atoms with van der Waals surface area (Å²) < 4.78 is 0. The highest BCUT2D eigenvalue weighted by Gasteiger charge is 2.21. The summed E-state index contributed by atoms with van der Waals surface area (Å²) >= 11 is 0. The minimum atomic E-state index is 0.208. The highest BCUT2D eigenvalue weighted by Crippen LogP contribution is 2.24. The molecule has 0 aromatic heterocycles. The van der Waals surface area contributed by atoms with Crippen LogP contribution in [0.4, 0.5) is 0 Å². The first kappa shape index (κ1) is 7.58. The van der Waals surface area contributed by atoms with Crippen molar-refractivity contribution in [3.63, 3.8) is 0 Å². The molecule has 1 aliphatic rings. The maximum atomic E-state index is 11.1. The number of nitrogens with one attached hydrogen (secondary N) is 1. The molecule has 1 rings (SSSR count). The third-order valence-electron chi connectivity index (χ3n) is 2.01. The third-order valence-corrected chi connectivity index (χ3v) is 2.01. The predicted octanol–water partition coefficient (Wildman–Crippen LogP) is 1.47. The standard InChI is InChI=1S/C8H14NO/c1-2-9-8(10)7-5-3-4-6-7/h2,7H,3-6H2,1H3,(H,9,10). The van der Waals surface area contributed by atoms with Crippen LogP contribution in [0.25, 0.3) is 0 Å². The van der Waals surface area contributed by atoms with Crippen molar-refractivity contribution in [1.29, 1.82) is 0 Å². The van der Waals surface area contributed by atoms with Crippen LogP contribution in [0.5, 0.6) is 0 Å². The van der Waals surface area contributed by atoms with Gasteiger partial charge in [0.2, 0.25) is 5.91 Å². The van der Waals surface area contributed by atoms with Crippen LogP contribution < -0.4 is 5.32 Å². The molecule has 1 fully saturated rings. The minimum Gasteiger partial charge on any atom is -0.351 e. The van der Waals surface area contributed by atoms with Crippen LogP contribution in [0.3, 0.4) is 0 Å². The average Bonchev–Trinajstić information content (AvgIpc) is 2.38. The molecule has 0 atom stereocenters. The van der Waals surface area contributed by atoms with E-state index in [-0.39, 0.29) is 5.91 Å². The fraction of sp³-hybridized carbons (Fsp3) is 0.750. The molecule has 0 unspecified atom stereocenters. The van der Waals surface area contributed by atoms with Gasteiger partial charge in [0, 0.05) is 12.5 Å². The van der Waals surface area contributed by atoms with Crippen molar-refractivity contribution in [2.75, 3.05) is 0 Å². The molecule has 2 nitrogen and oxygen atoms in total. The quantitative estimate of drug-likeness (QED) is 0.618. The highest BCUT2D eigenvalue weighted by atomic mass is 16.1. The summed E-state index contributed by atoms with van der Waals surface area (Å²) in [6, 6.07) is 0. The van der Waals surface area contributed by atoms with Gasteiger partial charge in [0.05, 0.1) is 0 Å². The Labute approximate surface area is 62.0 Å². The molecule has 1 N–H and O–H groups in total. The van der Waals surface area contributed by atoms with Gasteiger partial charge >= 0.3 is 0 Å². The Hall–Kier alpha value is -0.530. The van der Waals surface area contributed by atoms with Gasteiger partial charge in [-0.3, -0.25) is 4.79 Å². The molecule has 10 heavy (non-hydrogen) atoms. The molecular formula is C8H14NO. The Morgan fingerprint density at radius 1 is 1.50 bits per heavy atom. The number of amides is 1. The van der Waals surface area contributed by atoms with E-state index < -0.39 is 0 Å². The summed E-state index contributed by atoms with van der Waals surface area (Å²) in [5.41, 5.74) is 0. The third kappa shape index (κ3) is 1.72. The summed E-state index contributed by atoms with van der Waals surface area (Å²) in [5.74, 6) is 0.510. The van der Waals surface area contributed by atoms with Gasteiger partial charge in [-0.05, 0) is 19.8 Å². The molecule has 2 heteroatoms. The van der Waals surface area contributed by atoms with Crippen molar-refractivity contribution in [2.45, 2.75) is 32.6 Å². The van der Waals surface area contributed by atoms with E-state index in [0.29, 0.717) is 5.92 Å². The molecule has 1 amide bonds. The van der Waals surface area contributed by atoms with E-state index in [1.54, 1.807) is 6.54 Å². The van der Waals surface area contributed by atoms with Crippen LogP contribution in [-0.4, -0.2) is 5.91 Å². The van der Waals surface area contributed by atoms with Crippen molar-refractivity contribution < 1.29 is 4.79 Å². The molecule has 57 valence electrons. The van der Waals surface area contributed by atoms with Crippen LogP contribution in [0.15, 0.2) is 0 Å². The number of hydrogen-bond acceptors (Lipinski definition) is 1. The lowest BCUT2D eigenvalue weighted by Gasteiger charge is -2.06. The van der Waals surface area contributed by atoms with Gasteiger partial charge in [0.1, 0.15) is 0 Å². The van der Waals surface area contributed by atoms with Gasteiger partial charge in [-0.15, -0.1) is 0 Å². The van der Waals surface area contributed by atoms with E-state index in [9.17, 15) is 4.79 Å². The van der Waals surface area contributed by atoms with Crippen LogP contribution in [0.1, 0.15) is 32.6 Å². The lowest BCUT2D eigenvalue weighted by Crippen LogP contribution is -2.26. The summed E-state index contributed by atoms with van der Waals surface area (Å²) in [5, 5.41) is 2.72. The fourth-order valence-corrected chi connectivity index (χ4v) is 1.45. The first-order chi connectivity index (χ1) is 4.84. The lowest BCUT2D eigenvalue weighted by molar-refractivity contribution is -0.124. The Morgan fingerprint density at radius 3 is 2.60 bits per heavy atom. The molecule has 0 aromatic carbocycles. The highest BCUT2D eigenvalue weighted by molar-refractivity contribution is 5.79. The van der Waals surface area contributed by atoms with Crippen LogP contribution in [0.2, 0.25) is 0 Å². The Bertz CT molecular complexity index is 116. The SMILES string of the molecule is C[CH]NC(=O)C1CCCC1. The smallest absolute Gasteiger partial charge is 0.223 e. The van der Waals surface area contributed by atoms with Crippen molar-refractivity contribution in [2.24, 2.45) is 5.92 Å². The molecular weight excluding hydrogens is 126 g/mol. The van der Waals surface area contributed by atoms with E-state index in [2.05, 4.69) is 5.32 Å². The molecule has 0 heterocycles. The predicted molar refractivity (Wildman–Crippen MR) is 40.1 cm³/mol. The van der Waals surface area contributed by atoms with Gasteiger partial charge in [-0.25, -0.2) is 0 Å². The summed E-state index contributed by atoms with van der Waals surface area (Å²) in [6.07, 6.45) is 4.61. The molecule has 0 bridgehead atoms. The zero-order valence-corrected chi connectivity index (χ0v) is 6.39. The van der Waals surface area contributed by atoms with Crippen molar-refractivity contribution in [3.05, 3.63) is 6.54 Å². The first-order valence-electron chi connectivity index (χ1n) is 3.93. The van der Waals surface area contributed by atoms with E-state index in [0.717, 1.165) is 12.8 Å². The minimum absolute atomic E-state index is 0.208. The molecule has 1 radical (unpaired) electrons. The van der Waals surface area contributed by atoms with Gasteiger partial charge in [-0.1, -0.05) is 12.8 Å². The molecule has 0 aliphatic heterocycles. The van der Waals surface area contributed by atoms with Crippen LogP contribution in [-0.2, 0) is 4.79 Å². The number of hydrogen-bond donors (Lipinski definition) is 1. The second-order valence-corrected chi connectivity index (χ2v) is 2.78. The lowest BCUT2D eigenvalue weighted by atomic mass is 10.1. The van der Waals surface area contributed by atoms with Gasteiger partial charge in [0.15, 0.2) is 0 Å². The van der Waals surface area contributed by atoms with E-state index in [1.165, 1.54) is 12.8 Å². The van der Waals surface area contributed by atoms with Crippen molar-refractivity contribution in [3.8, 4) is 0 Å². The number of carbonyl (C=O) groups excluding carboxylic acids is 1. The van der Waals surface area contributed by atoms with Crippen LogP contribution >= 0.6 is 0 Å². The number of rotatable bonds is 2. The zero-order valence-electron chi connectivity index (χ0n) is 6.39. The summed E-state index contributed by atoms with van der Waals surface area (Å²) in [4.78, 5) is 11.1. The topological polar surface area (TPSA) is 29.1 Å². The molecule has 1 aliphatic carbocycles. The van der Waals surface area contributed by atoms with Gasteiger partial charge in [0.25, 0.3) is 0 Å². The fourth-order valence-electron chi connectivity index (χ4n) is 1.45. The second kappa shape index (κ2) is 3.59.